The molecule has 1 saturated heterocycles. The van der Waals surface area contributed by atoms with E-state index in [2.05, 4.69) is 22.5 Å². The number of ketones is 3. The number of benzene rings is 3. The second kappa shape index (κ2) is 12.1. The van der Waals surface area contributed by atoms with Crippen LogP contribution >= 0.6 is 15.9 Å². The van der Waals surface area contributed by atoms with Crippen molar-refractivity contribution in [2.75, 3.05) is 13.1 Å². The highest BCUT2D eigenvalue weighted by Gasteiger charge is 2.31. The normalized spacial score (nSPS) is 13.4. The maximum Gasteiger partial charge on any atom is 0.245 e. The molecule has 1 aromatic heterocycles. The van der Waals surface area contributed by atoms with E-state index in [4.69, 9.17) is 0 Å². The molecule has 204 valence electrons. The number of nitrogens with zero attached hydrogens (tertiary/aromatic N) is 2. The number of halogens is 1. The summed E-state index contributed by atoms with van der Waals surface area (Å²) in [6.45, 7) is 4.81. The van der Waals surface area contributed by atoms with Crippen molar-refractivity contribution in [3.05, 3.63) is 95.1 Å². The van der Waals surface area contributed by atoms with Crippen LogP contribution in [0.15, 0.2) is 84.0 Å². The number of Topliss-reactive ketones (excluding diaryl/α,β-unsaturated/α-hetero) is 3. The standard InChI is InChI=1S/C33H31BrN2O4/c1-2-33(40)36-18-22(19-36)15-27(38)20-35-21-30(29-17-25(34)13-14-31(29)35)32(39)12-6-10-26(37)16-24-9-5-8-23-7-3-4-11-28(23)24/h2-5,7-9,11,13-14,17,21-22H,1,6,10,12,15-16,18-20H2. The molecular formula is C33H31BrN2O4. The first-order valence-corrected chi connectivity index (χ1v) is 14.3. The zero-order valence-corrected chi connectivity index (χ0v) is 23.9. The zero-order valence-electron chi connectivity index (χ0n) is 22.3. The van der Waals surface area contributed by atoms with Crippen molar-refractivity contribution >= 4 is 60.9 Å². The quantitative estimate of drug-likeness (QED) is 0.141. The Labute approximate surface area is 241 Å². The SMILES string of the molecule is C=CC(=O)N1CC(CC(=O)Cn2cc(C(=O)CCCC(=O)Cc3cccc4ccccc34)c3cc(Br)ccc32)C1. The highest BCUT2D eigenvalue weighted by Crippen LogP contribution is 2.28. The highest BCUT2D eigenvalue weighted by atomic mass is 79.9. The summed E-state index contributed by atoms with van der Waals surface area (Å²) in [5.74, 6) is 0.187. The number of amides is 1. The molecule has 1 aliphatic rings. The van der Waals surface area contributed by atoms with Crippen molar-refractivity contribution in [3.63, 3.8) is 0 Å². The number of likely N-dealkylation sites (tertiary alicyclic amines) is 1. The molecule has 0 radical (unpaired) electrons. The predicted molar refractivity (Wildman–Crippen MR) is 160 cm³/mol. The Morgan fingerprint density at radius 1 is 0.925 bits per heavy atom. The third kappa shape index (κ3) is 6.15. The number of hydrogen-bond donors (Lipinski definition) is 0. The predicted octanol–water partition coefficient (Wildman–Crippen LogP) is 6.33. The summed E-state index contributed by atoms with van der Waals surface area (Å²) >= 11 is 3.50. The molecule has 6 nitrogen and oxygen atoms in total. The van der Waals surface area contributed by atoms with Crippen LogP contribution in [0.25, 0.3) is 21.7 Å². The van der Waals surface area contributed by atoms with Crippen molar-refractivity contribution in [3.8, 4) is 0 Å². The monoisotopic (exact) mass is 598 g/mol. The van der Waals surface area contributed by atoms with Crippen molar-refractivity contribution in [2.24, 2.45) is 5.92 Å². The molecule has 3 aromatic carbocycles. The van der Waals surface area contributed by atoms with Gasteiger partial charge in [-0.25, -0.2) is 0 Å². The first-order chi connectivity index (χ1) is 19.3. The van der Waals surface area contributed by atoms with Crippen LogP contribution < -0.4 is 0 Å². The van der Waals surface area contributed by atoms with Crippen molar-refractivity contribution in [1.82, 2.24) is 9.47 Å². The van der Waals surface area contributed by atoms with Crippen LogP contribution in [-0.2, 0) is 27.3 Å². The highest BCUT2D eigenvalue weighted by molar-refractivity contribution is 9.10. The van der Waals surface area contributed by atoms with Gasteiger partial charge < -0.3 is 9.47 Å². The van der Waals surface area contributed by atoms with Gasteiger partial charge in [0.15, 0.2) is 11.6 Å². The Bertz CT molecular complexity index is 1630. The number of carbonyl (C=O) groups excluding carboxylic acids is 4. The lowest BCUT2D eigenvalue weighted by atomic mass is 9.94. The van der Waals surface area contributed by atoms with E-state index < -0.39 is 0 Å². The lowest BCUT2D eigenvalue weighted by Crippen LogP contribution is -2.50. The van der Waals surface area contributed by atoms with Gasteiger partial charge in [-0.1, -0.05) is 65.0 Å². The van der Waals surface area contributed by atoms with Gasteiger partial charge in [0.2, 0.25) is 5.91 Å². The Morgan fingerprint density at radius 3 is 2.50 bits per heavy atom. The van der Waals surface area contributed by atoms with E-state index in [0.717, 1.165) is 31.7 Å². The Morgan fingerprint density at radius 2 is 1.70 bits per heavy atom. The number of aromatic nitrogens is 1. The lowest BCUT2D eigenvalue weighted by Gasteiger charge is -2.38. The molecular weight excluding hydrogens is 568 g/mol. The largest absolute Gasteiger partial charge is 0.339 e. The molecule has 1 aliphatic heterocycles. The van der Waals surface area contributed by atoms with E-state index in [0.29, 0.717) is 44.3 Å². The van der Waals surface area contributed by atoms with Crippen LogP contribution in [0, 0.1) is 5.92 Å². The van der Waals surface area contributed by atoms with Gasteiger partial charge in [-0.05, 0) is 47.0 Å². The van der Waals surface area contributed by atoms with E-state index in [-0.39, 0.29) is 42.1 Å². The van der Waals surface area contributed by atoms with E-state index in [1.165, 1.54) is 6.08 Å². The minimum atomic E-state index is -0.107. The molecule has 40 heavy (non-hydrogen) atoms. The van der Waals surface area contributed by atoms with Crippen LogP contribution in [0.2, 0.25) is 0 Å². The maximum absolute atomic E-state index is 13.3. The van der Waals surface area contributed by atoms with Crippen LogP contribution in [-0.4, -0.2) is 45.8 Å². The second-order valence-electron chi connectivity index (χ2n) is 10.5. The molecule has 5 rings (SSSR count). The van der Waals surface area contributed by atoms with E-state index >= 15 is 0 Å². The summed E-state index contributed by atoms with van der Waals surface area (Å²) in [4.78, 5) is 52.2. The van der Waals surface area contributed by atoms with Gasteiger partial charge in [-0.3, -0.25) is 19.2 Å². The summed E-state index contributed by atoms with van der Waals surface area (Å²) in [5, 5.41) is 2.99. The average molecular weight is 600 g/mol. The molecule has 7 heteroatoms. The summed E-state index contributed by atoms with van der Waals surface area (Å²) in [7, 11) is 0. The Hall–Kier alpha value is -3.84. The van der Waals surface area contributed by atoms with Crippen molar-refractivity contribution < 1.29 is 19.2 Å². The topological polar surface area (TPSA) is 76.5 Å². The van der Waals surface area contributed by atoms with Gasteiger partial charge in [-0.15, -0.1) is 0 Å². The van der Waals surface area contributed by atoms with Gasteiger partial charge in [0, 0.05) is 71.8 Å². The van der Waals surface area contributed by atoms with E-state index in [1.807, 2.05) is 65.2 Å². The minimum Gasteiger partial charge on any atom is -0.339 e. The van der Waals surface area contributed by atoms with Crippen molar-refractivity contribution in [2.45, 2.75) is 38.6 Å². The molecule has 0 bridgehead atoms. The molecule has 0 spiro atoms. The van der Waals surface area contributed by atoms with Crippen LogP contribution in [0.3, 0.4) is 0 Å². The van der Waals surface area contributed by atoms with Gasteiger partial charge in [0.1, 0.15) is 5.78 Å². The van der Waals surface area contributed by atoms with Crippen molar-refractivity contribution in [1.29, 1.82) is 0 Å². The summed E-state index contributed by atoms with van der Waals surface area (Å²) in [6.07, 6.45) is 4.87. The fraction of sp³-hybridized carbons (Fsp3) is 0.273. The number of rotatable bonds is 12. The molecule has 0 unspecified atom stereocenters. The summed E-state index contributed by atoms with van der Waals surface area (Å²) in [6, 6.07) is 19.7. The minimum absolute atomic E-state index is 0.0372. The van der Waals surface area contributed by atoms with E-state index in [9.17, 15) is 19.2 Å². The molecule has 2 heterocycles. The second-order valence-corrected chi connectivity index (χ2v) is 11.4. The molecule has 1 amide bonds. The molecule has 0 atom stereocenters. The molecule has 1 fully saturated rings. The van der Waals surface area contributed by atoms with Gasteiger partial charge in [0.25, 0.3) is 0 Å². The average Bonchev–Trinajstić information content (AvgIpc) is 3.27. The third-order valence-electron chi connectivity index (χ3n) is 7.58. The number of fused-ring (bicyclic) bond motifs is 2. The Kier molecular flexibility index (Phi) is 8.40. The van der Waals surface area contributed by atoms with Crippen LogP contribution in [0.4, 0.5) is 0 Å². The van der Waals surface area contributed by atoms with Crippen LogP contribution in [0.5, 0.6) is 0 Å². The summed E-state index contributed by atoms with van der Waals surface area (Å²) in [5.41, 5.74) is 2.40. The first-order valence-electron chi connectivity index (χ1n) is 13.6. The number of hydrogen-bond acceptors (Lipinski definition) is 4. The molecule has 0 saturated carbocycles. The van der Waals surface area contributed by atoms with E-state index in [1.54, 1.807) is 11.1 Å². The maximum atomic E-state index is 13.3. The fourth-order valence-corrected chi connectivity index (χ4v) is 5.90. The van der Waals surface area contributed by atoms with Gasteiger partial charge >= 0.3 is 0 Å². The summed E-state index contributed by atoms with van der Waals surface area (Å²) < 4.78 is 2.69. The molecule has 4 aromatic rings. The smallest absolute Gasteiger partial charge is 0.245 e. The molecule has 0 aliphatic carbocycles. The fourth-order valence-electron chi connectivity index (χ4n) is 5.54. The van der Waals surface area contributed by atoms with Gasteiger partial charge in [-0.2, -0.15) is 0 Å². The molecule has 0 N–H and O–H groups in total. The van der Waals surface area contributed by atoms with Gasteiger partial charge in [0.05, 0.1) is 6.54 Å². The number of carbonyl (C=O) groups is 4. The zero-order chi connectivity index (χ0) is 28.2. The Balaban J connectivity index is 1.20. The third-order valence-corrected chi connectivity index (χ3v) is 8.07. The van der Waals surface area contributed by atoms with Crippen LogP contribution in [0.1, 0.15) is 41.6 Å². The first kappa shape index (κ1) is 27.7. The lowest BCUT2D eigenvalue weighted by molar-refractivity contribution is -0.134.